The van der Waals surface area contributed by atoms with Crippen LogP contribution < -0.4 is 5.32 Å². The van der Waals surface area contributed by atoms with Gasteiger partial charge >= 0.3 is 6.09 Å². The summed E-state index contributed by atoms with van der Waals surface area (Å²) < 4.78 is 7.65. The number of aliphatic imine (C=N–C) groups is 1. The minimum absolute atomic E-state index is 0.502. The first-order valence-electron chi connectivity index (χ1n) is 9.26. The summed E-state index contributed by atoms with van der Waals surface area (Å²) in [5.74, 6) is 0.502. The molecule has 1 aromatic carbocycles. The van der Waals surface area contributed by atoms with E-state index in [-0.39, 0.29) is 0 Å². The number of carbonyl (C=O) groups is 1. The van der Waals surface area contributed by atoms with Crippen LogP contribution in [0, 0.1) is 6.92 Å². The topological polar surface area (TPSA) is 97.5 Å². The van der Waals surface area contributed by atoms with Gasteiger partial charge in [0.1, 0.15) is 23.0 Å². The Morgan fingerprint density at radius 1 is 1.30 bits per heavy atom. The third-order valence-corrected chi connectivity index (χ3v) is 4.41. The van der Waals surface area contributed by atoms with Crippen molar-refractivity contribution in [2.45, 2.75) is 33.3 Å². The lowest BCUT2D eigenvalue weighted by Crippen LogP contribution is -2.27. The number of carbonyl (C=O) groups excluding carboxylic acids is 1. The Labute approximate surface area is 183 Å². The first-order chi connectivity index (χ1) is 14.0. The molecule has 30 heavy (non-hydrogen) atoms. The van der Waals surface area contributed by atoms with E-state index in [9.17, 15) is 4.79 Å². The van der Waals surface area contributed by atoms with Crippen LogP contribution in [0.3, 0.4) is 0 Å². The zero-order valence-electron chi connectivity index (χ0n) is 17.8. The smallest absolute Gasteiger partial charge is 0.412 e. The molecule has 3 aromatic rings. The number of amides is 1. The molecule has 10 heteroatoms. The van der Waals surface area contributed by atoms with Crippen LogP contribution in [0.1, 0.15) is 26.3 Å². The maximum atomic E-state index is 12.1. The third kappa shape index (κ3) is 4.93. The molecule has 0 saturated heterocycles. The summed E-state index contributed by atoms with van der Waals surface area (Å²) in [6.45, 7) is 7.39. The normalized spacial score (nSPS) is 11.8. The van der Waals surface area contributed by atoms with E-state index in [1.807, 2.05) is 58.8 Å². The number of nitrogens with one attached hydrogen (secondary N) is 1. The van der Waals surface area contributed by atoms with Crippen molar-refractivity contribution in [3.05, 3.63) is 34.7 Å². The van der Waals surface area contributed by atoms with Crippen molar-refractivity contribution < 1.29 is 9.53 Å². The lowest BCUT2D eigenvalue weighted by atomic mass is 10.1. The summed E-state index contributed by atoms with van der Waals surface area (Å²) in [6.07, 6.45) is 2.63. The van der Waals surface area contributed by atoms with Gasteiger partial charge in [0.05, 0.1) is 12.0 Å². The van der Waals surface area contributed by atoms with Crippen molar-refractivity contribution in [3.63, 3.8) is 0 Å². The first kappa shape index (κ1) is 21.7. The van der Waals surface area contributed by atoms with E-state index in [0.717, 1.165) is 11.3 Å². The molecule has 0 saturated carbocycles. The van der Waals surface area contributed by atoms with Crippen LogP contribution in [-0.4, -0.2) is 56.8 Å². The molecular weight excluding hydrogens is 450 g/mol. The number of benzene rings is 1. The molecule has 0 bridgehead atoms. The molecule has 2 aromatic heterocycles. The van der Waals surface area contributed by atoms with Crippen molar-refractivity contribution in [1.82, 2.24) is 24.6 Å². The second kappa shape index (κ2) is 8.39. The predicted molar refractivity (Wildman–Crippen MR) is 121 cm³/mol. The molecule has 0 unspecified atom stereocenters. The Morgan fingerprint density at radius 3 is 2.67 bits per heavy atom. The molecule has 0 aliphatic rings. The maximum Gasteiger partial charge on any atom is 0.412 e. The van der Waals surface area contributed by atoms with Crippen molar-refractivity contribution in [3.8, 4) is 5.69 Å². The van der Waals surface area contributed by atoms with Crippen LogP contribution in [0.25, 0.3) is 16.7 Å². The van der Waals surface area contributed by atoms with Gasteiger partial charge in [0, 0.05) is 19.8 Å². The maximum absolute atomic E-state index is 12.1. The van der Waals surface area contributed by atoms with Crippen LogP contribution in [0.15, 0.2) is 34.1 Å². The van der Waals surface area contributed by atoms with Gasteiger partial charge in [-0.15, -0.1) is 0 Å². The highest BCUT2D eigenvalue weighted by atomic mass is 79.9. The van der Waals surface area contributed by atoms with Crippen LogP contribution >= 0.6 is 15.9 Å². The van der Waals surface area contributed by atoms with E-state index in [4.69, 9.17) is 4.74 Å². The molecule has 0 spiro atoms. The minimum Gasteiger partial charge on any atom is -0.444 e. The standard InChI is InChI=1S/C20H24BrN7O2/c1-12-9-13(25-19(29)30-20(2,3)4)7-8-14(12)28-16-15(17(21)26-28)22-10-23-18(16)24-11-27(5)6/h7-11H,1-6H3,(H,25,29)/b24-11+. The summed E-state index contributed by atoms with van der Waals surface area (Å²) in [6, 6.07) is 5.51. The molecule has 0 aliphatic heterocycles. The number of halogens is 1. The fourth-order valence-electron chi connectivity index (χ4n) is 2.73. The third-order valence-electron chi connectivity index (χ3n) is 3.88. The zero-order valence-corrected chi connectivity index (χ0v) is 19.4. The molecule has 0 aliphatic carbocycles. The van der Waals surface area contributed by atoms with E-state index in [2.05, 4.69) is 41.3 Å². The van der Waals surface area contributed by atoms with Crippen LogP contribution in [0.5, 0.6) is 0 Å². The summed E-state index contributed by atoms with van der Waals surface area (Å²) in [7, 11) is 3.77. The van der Waals surface area contributed by atoms with Gasteiger partial charge in [-0.3, -0.25) is 5.32 Å². The quantitative estimate of drug-likeness (QED) is 0.443. The van der Waals surface area contributed by atoms with Crippen molar-refractivity contribution in [2.75, 3.05) is 19.4 Å². The number of aryl methyl sites for hydroxylation is 1. The average Bonchev–Trinajstić information content (AvgIpc) is 2.96. The molecule has 158 valence electrons. The van der Waals surface area contributed by atoms with Crippen LogP contribution in [0.4, 0.5) is 16.3 Å². The van der Waals surface area contributed by atoms with E-state index >= 15 is 0 Å². The Hall–Kier alpha value is -3.01. The highest BCUT2D eigenvalue weighted by Gasteiger charge is 2.19. The molecular formula is C20H24BrN7O2. The number of nitrogens with zero attached hydrogens (tertiary/aromatic N) is 6. The summed E-state index contributed by atoms with van der Waals surface area (Å²) in [4.78, 5) is 27.0. The Morgan fingerprint density at radius 2 is 2.03 bits per heavy atom. The van der Waals surface area contributed by atoms with Crippen LogP contribution in [-0.2, 0) is 4.74 Å². The Kier molecular flexibility index (Phi) is 6.06. The van der Waals surface area contributed by atoms with E-state index in [0.29, 0.717) is 27.1 Å². The fourth-order valence-corrected chi connectivity index (χ4v) is 3.18. The van der Waals surface area contributed by atoms with Gasteiger partial charge in [-0.05, 0) is 67.4 Å². The number of rotatable bonds is 4. The number of hydrogen-bond acceptors (Lipinski definition) is 6. The van der Waals surface area contributed by atoms with E-state index in [1.165, 1.54) is 6.33 Å². The highest BCUT2D eigenvalue weighted by Crippen LogP contribution is 2.31. The summed E-state index contributed by atoms with van der Waals surface area (Å²) in [5.41, 5.74) is 3.11. The van der Waals surface area contributed by atoms with Gasteiger partial charge < -0.3 is 9.64 Å². The molecule has 1 N–H and O–H groups in total. The molecule has 9 nitrogen and oxygen atoms in total. The lowest BCUT2D eigenvalue weighted by molar-refractivity contribution is 0.0636. The second-order valence-electron chi connectivity index (χ2n) is 7.93. The molecule has 2 heterocycles. The Bertz CT molecular complexity index is 1120. The second-order valence-corrected chi connectivity index (χ2v) is 8.68. The average molecular weight is 474 g/mol. The molecule has 0 atom stereocenters. The van der Waals surface area contributed by atoms with Gasteiger partial charge in [0.2, 0.25) is 0 Å². The minimum atomic E-state index is -0.567. The van der Waals surface area contributed by atoms with Gasteiger partial charge in [0.15, 0.2) is 10.4 Å². The number of fused-ring (bicyclic) bond motifs is 1. The van der Waals surface area contributed by atoms with E-state index in [1.54, 1.807) is 17.1 Å². The van der Waals surface area contributed by atoms with Gasteiger partial charge in [-0.2, -0.15) is 5.10 Å². The SMILES string of the molecule is Cc1cc(NC(=O)OC(C)(C)C)ccc1-n1nc(Br)c2ncnc(/N=C/N(C)C)c21. The predicted octanol–water partition coefficient (Wildman–Crippen LogP) is 4.45. The van der Waals surface area contributed by atoms with Gasteiger partial charge in [-0.1, -0.05) is 0 Å². The zero-order chi connectivity index (χ0) is 22.1. The van der Waals surface area contributed by atoms with Gasteiger partial charge in [-0.25, -0.2) is 24.4 Å². The highest BCUT2D eigenvalue weighted by molar-refractivity contribution is 9.10. The molecule has 0 fully saturated rings. The molecule has 3 rings (SSSR count). The molecule has 0 radical (unpaired) electrons. The van der Waals surface area contributed by atoms with Crippen molar-refractivity contribution in [2.24, 2.45) is 4.99 Å². The fraction of sp³-hybridized carbons (Fsp3) is 0.350. The number of anilines is 1. The van der Waals surface area contributed by atoms with Crippen molar-refractivity contribution >= 4 is 50.9 Å². The number of aromatic nitrogens is 4. The Balaban J connectivity index is 2.01. The number of hydrogen-bond donors (Lipinski definition) is 1. The largest absolute Gasteiger partial charge is 0.444 e. The first-order valence-corrected chi connectivity index (χ1v) is 10.1. The van der Waals surface area contributed by atoms with Crippen LogP contribution in [0.2, 0.25) is 0 Å². The lowest BCUT2D eigenvalue weighted by Gasteiger charge is -2.20. The number of ether oxygens (including phenoxy) is 1. The molecule has 1 amide bonds. The summed E-state index contributed by atoms with van der Waals surface area (Å²) in [5, 5.41) is 7.33. The summed E-state index contributed by atoms with van der Waals surface area (Å²) >= 11 is 3.47. The van der Waals surface area contributed by atoms with E-state index < -0.39 is 11.7 Å². The monoisotopic (exact) mass is 473 g/mol. The van der Waals surface area contributed by atoms with Crippen molar-refractivity contribution in [1.29, 1.82) is 0 Å². The van der Waals surface area contributed by atoms with Gasteiger partial charge in [0.25, 0.3) is 0 Å².